The third-order valence-corrected chi connectivity index (χ3v) is 2.79. The molecule has 0 saturated heterocycles. The van der Waals surface area contributed by atoms with Crippen molar-refractivity contribution in [1.82, 2.24) is 0 Å². The van der Waals surface area contributed by atoms with Gasteiger partial charge in [-0.25, -0.2) is 4.79 Å². The maximum Gasteiger partial charge on any atom is 0.368 e. The van der Waals surface area contributed by atoms with Crippen molar-refractivity contribution in [2.24, 2.45) is 9.98 Å². The molecular formula is C7HCl3N2O. The number of hydrogen-bond acceptors (Lipinski definition) is 1. The Labute approximate surface area is 87.7 Å². The number of hydrogen-bond donors (Lipinski definition) is 0. The monoisotopic (exact) mass is 234 g/mol. The summed E-state index contributed by atoms with van der Waals surface area (Å²) < 4.78 is 0. The van der Waals surface area contributed by atoms with Gasteiger partial charge < -0.3 is 0 Å². The maximum atomic E-state index is 10.8. The second kappa shape index (κ2) is 2.94. The summed E-state index contributed by atoms with van der Waals surface area (Å²) in [4.78, 5) is 18.0. The first-order valence-electron chi connectivity index (χ1n) is 3.24. The Hall–Kier alpha value is -0.640. The highest BCUT2D eigenvalue weighted by molar-refractivity contribution is 6.47. The van der Waals surface area contributed by atoms with Gasteiger partial charge >= 0.3 is 6.03 Å². The van der Waals surface area contributed by atoms with Crippen molar-refractivity contribution in [3.63, 3.8) is 0 Å². The van der Waals surface area contributed by atoms with Gasteiger partial charge in [0.2, 0.25) is 0 Å². The molecule has 0 unspecified atom stereocenters. The Kier molecular flexibility index (Phi) is 2.02. The summed E-state index contributed by atoms with van der Waals surface area (Å²) in [6.07, 6.45) is 0. The van der Waals surface area contributed by atoms with Crippen LogP contribution in [-0.2, 0) is 0 Å². The summed E-state index contributed by atoms with van der Waals surface area (Å²) >= 11 is 17.2. The van der Waals surface area contributed by atoms with E-state index in [1.807, 2.05) is 0 Å². The number of carbonyl (C=O) groups is 1. The molecule has 2 rings (SSSR count). The fourth-order valence-corrected chi connectivity index (χ4v) is 1.62. The second-order valence-electron chi connectivity index (χ2n) is 2.36. The van der Waals surface area contributed by atoms with Crippen molar-refractivity contribution >= 4 is 40.8 Å². The number of urea groups is 1. The molecule has 66 valence electrons. The standard InChI is InChI=1S/C7HCl3N2O/c8-2-1-3-6(5(10)4(2)9)12-7(13)11-3/h1H. The van der Waals surface area contributed by atoms with Gasteiger partial charge in [0.05, 0.1) is 20.4 Å². The highest BCUT2D eigenvalue weighted by atomic mass is 35.5. The van der Waals surface area contributed by atoms with Crippen molar-refractivity contribution in [2.45, 2.75) is 0 Å². The van der Waals surface area contributed by atoms with E-state index in [9.17, 15) is 4.79 Å². The molecule has 2 amide bonds. The van der Waals surface area contributed by atoms with Crippen LogP contribution in [0, 0.1) is 0 Å². The maximum absolute atomic E-state index is 10.8. The molecule has 0 bridgehead atoms. The van der Waals surface area contributed by atoms with Crippen LogP contribution in [0.15, 0.2) is 16.1 Å². The summed E-state index contributed by atoms with van der Waals surface area (Å²) in [6.45, 7) is 0. The molecule has 0 fully saturated rings. The van der Waals surface area contributed by atoms with E-state index in [1.54, 1.807) is 0 Å². The van der Waals surface area contributed by atoms with Crippen LogP contribution in [0.25, 0.3) is 0 Å². The van der Waals surface area contributed by atoms with E-state index in [0.717, 1.165) is 0 Å². The van der Waals surface area contributed by atoms with Gasteiger partial charge in [0, 0.05) is 0 Å². The second-order valence-corrected chi connectivity index (χ2v) is 3.52. The smallest absolute Gasteiger partial charge is 0.244 e. The van der Waals surface area contributed by atoms with Crippen molar-refractivity contribution in [3.05, 3.63) is 31.8 Å². The van der Waals surface area contributed by atoms with E-state index in [1.165, 1.54) is 6.07 Å². The third kappa shape index (κ3) is 1.33. The SMILES string of the molecule is O=C1N=c2cc(Cl)c(Cl)c(Cl)c2=N1. The zero-order valence-electron chi connectivity index (χ0n) is 6.01. The fourth-order valence-electron chi connectivity index (χ4n) is 0.988. The first kappa shape index (κ1) is 8.94. The van der Waals surface area contributed by atoms with E-state index >= 15 is 0 Å². The van der Waals surface area contributed by atoms with E-state index in [0.29, 0.717) is 10.7 Å². The summed E-state index contributed by atoms with van der Waals surface area (Å²) in [7, 11) is 0. The zero-order valence-corrected chi connectivity index (χ0v) is 8.28. The zero-order chi connectivity index (χ0) is 9.59. The number of fused-ring (bicyclic) bond motifs is 1. The lowest BCUT2D eigenvalue weighted by Gasteiger charge is -1.95. The van der Waals surface area contributed by atoms with Gasteiger partial charge in [-0.3, -0.25) is 0 Å². The molecule has 1 heterocycles. The molecule has 1 aliphatic heterocycles. The summed E-state index contributed by atoms with van der Waals surface area (Å²) in [5, 5.41) is 1.28. The van der Waals surface area contributed by atoms with Gasteiger partial charge in [0.15, 0.2) is 0 Å². The molecule has 0 radical (unpaired) electrons. The fraction of sp³-hybridized carbons (Fsp3) is 0. The molecule has 0 atom stereocenters. The summed E-state index contributed by atoms with van der Waals surface area (Å²) in [5.41, 5.74) is 0. The van der Waals surface area contributed by atoms with Gasteiger partial charge in [0.25, 0.3) is 0 Å². The van der Waals surface area contributed by atoms with Gasteiger partial charge in [-0.2, -0.15) is 9.98 Å². The van der Waals surface area contributed by atoms with Crippen LogP contribution in [0.4, 0.5) is 4.79 Å². The number of nitrogens with zero attached hydrogens (tertiary/aromatic N) is 2. The normalized spacial score (nSPS) is 13.6. The largest absolute Gasteiger partial charge is 0.368 e. The van der Waals surface area contributed by atoms with Gasteiger partial charge in [-0.15, -0.1) is 0 Å². The number of rotatable bonds is 0. The van der Waals surface area contributed by atoms with Crippen LogP contribution in [0.2, 0.25) is 15.1 Å². The number of halogens is 3. The molecule has 0 saturated carbocycles. The van der Waals surface area contributed by atoms with Crippen LogP contribution < -0.4 is 10.7 Å². The molecular weight excluding hydrogens is 234 g/mol. The van der Waals surface area contributed by atoms with Crippen LogP contribution in [0.1, 0.15) is 0 Å². The van der Waals surface area contributed by atoms with Crippen LogP contribution in [-0.4, -0.2) is 6.03 Å². The highest BCUT2D eigenvalue weighted by Gasteiger charge is 2.13. The van der Waals surface area contributed by atoms with E-state index in [4.69, 9.17) is 34.8 Å². The van der Waals surface area contributed by atoms with Crippen LogP contribution in [0.3, 0.4) is 0 Å². The van der Waals surface area contributed by atoms with Crippen molar-refractivity contribution < 1.29 is 4.79 Å². The molecule has 6 heteroatoms. The van der Waals surface area contributed by atoms with Crippen molar-refractivity contribution in [1.29, 1.82) is 0 Å². The average Bonchev–Trinajstić information content (AvgIpc) is 2.42. The molecule has 13 heavy (non-hydrogen) atoms. The molecule has 0 aliphatic carbocycles. The predicted molar refractivity (Wildman–Crippen MR) is 49.2 cm³/mol. The number of amides is 2. The quantitative estimate of drug-likeness (QED) is 0.634. The lowest BCUT2D eigenvalue weighted by Crippen LogP contribution is -2.23. The Morgan fingerprint density at radius 2 is 1.77 bits per heavy atom. The number of carbonyl (C=O) groups excluding carboxylic acids is 1. The molecule has 0 N–H and O–H groups in total. The van der Waals surface area contributed by atoms with Crippen molar-refractivity contribution in [3.8, 4) is 0 Å². The summed E-state index contributed by atoms with van der Waals surface area (Å²) in [6, 6.07) is 0.870. The predicted octanol–water partition coefficient (Wildman–Crippen LogP) is 2.02. The van der Waals surface area contributed by atoms with E-state index in [-0.39, 0.29) is 15.1 Å². The lowest BCUT2D eigenvalue weighted by atomic mass is 10.3. The number of benzene rings is 1. The van der Waals surface area contributed by atoms with Gasteiger partial charge in [-0.1, -0.05) is 34.8 Å². The minimum absolute atomic E-state index is 0.166. The Balaban J connectivity index is 2.98. The Morgan fingerprint density at radius 3 is 2.46 bits per heavy atom. The third-order valence-electron chi connectivity index (χ3n) is 1.54. The minimum Gasteiger partial charge on any atom is -0.244 e. The molecule has 1 aromatic rings. The van der Waals surface area contributed by atoms with E-state index in [2.05, 4.69) is 9.98 Å². The Bertz CT molecular complexity index is 524. The molecule has 3 nitrogen and oxygen atoms in total. The lowest BCUT2D eigenvalue weighted by molar-refractivity contribution is 0.256. The Morgan fingerprint density at radius 1 is 1.08 bits per heavy atom. The topological polar surface area (TPSA) is 41.8 Å². The first-order valence-corrected chi connectivity index (χ1v) is 4.38. The van der Waals surface area contributed by atoms with Crippen molar-refractivity contribution in [2.75, 3.05) is 0 Å². The molecule has 0 spiro atoms. The van der Waals surface area contributed by atoms with Crippen LogP contribution in [0.5, 0.6) is 0 Å². The molecule has 0 aromatic heterocycles. The summed E-state index contributed by atoms with van der Waals surface area (Å²) in [5.74, 6) is 0. The first-order chi connectivity index (χ1) is 6.09. The van der Waals surface area contributed by atoms with Crippen LogP contribution >= 0.6 is 34.8 Å². The van der Waals surface area contributed by atoms with Gasteiger partial charge in [-0.05, 0) is 6.07 Å². The van der Waals surface area contributed by atoms with E-state index < -0.39 is 6.03 Å². The highest BCUT2D eigenvalue weighted by Crippen LogP contribution is 2.25. The molecule has 1 aliphatic rings. The molecule has 1 aromatic carbocycles. The average molecular weight is 235 g/mol. The minimum atomic E-state index is -0.588. The van der Waals surface area contributed by atoms with Gasteiger partial charge in [0.1, 0.15) is 5.36 Å².